The van der Waals surface area contributed by atoms with Crippen LogP contribution in [0, 0.1) is 11.3 Å². The van der Waals surface area contributed by atoms with Crippen LogP contribution < -0.4 is 10.7 Å². The number of allylic oxidation sites excluding steroid dienone is 4. The van der Waals surface area contributed by atoms with Crippen molar-refractivity contribution in [1.82, 2.24) is 10.7 Å². The van der Waals surface area contributed by atoms with Crippen LogP contribution in [0.15, 0.2) is 70.7 Å². The molecule has 1 atom stereocenters. The number of nitrogens with one attached hydrogen (secondary N) is 2. The Balaban J connectivity index is 2.17. The lowest BCUT2D eigenvalue weighted by Crippen LogP contribution is -2.24. The Labute approximate surface area is 149 Å². The first kappa shape index (κ1) is 18.2. The van der Waals surface area contributed by atoms with E-state index in [0.29, 0.717) is 12.0 Å². The van der Waals surface area contributed by atoms with Gasteiger partial charge in [0.15, 0.2) is 0 Å². The lowest BCUT2D eigenvalue weighted by molar-refractivity contribution is 0.592. The maximum atomic E-state index is 8.94. The van der Waals surface area contributed by atoms with Gasteiger partial charge in [-0.15, -0.1) is 0 Å². The van der Waals surface area contributed by atoms with Crippen LogP contribution in [0.5, 0.6) is 0 Å². The summed E-state index contributed by atoms with van der Waals surface area (Å²) in [6.07, 6.45) is 8.82. The lowest BCUT2D eigenvalue weighted by Gasteiger charge is -2.21. The Bertz CT molecular complexity index is 760. The van der Waals surface area contributed by atoms with Crippen molar-refractivity contribution in [1.29, 1.82) is 5.26 Å². The molecule has 0 radical (unpaired) electrons. The highest BCUT2D eigenvalue weighted by Gasteiger charge is 2.13. The third kappa shape index (κ3) is 5.47. The molecular weight excluding hydrogens is 310 g/mol. The van der Waals surface area contributed by atoms with E-state index in [1.54, 1.807) is 12.4 Å². The van der Waals surface area contributed by atoms with Crippen LogP contribution in [0.1, 0.15) is 43.9 Å². The smallest absolute Gasteiger partial charge is 0.0991 e. The fraction of sp³-hybridized carbons (Fsp3) is 0.250. The van der Waals surface area contributed by atoms with Gasteiger partial charge in [-0.05, 0) is 37.1 Å². The molecule has 0 spiro atoms. The number of aliphatic imine (C=N–C) groups is 1. The molecule has 25 heavy (non-hydrogen) atoms. The Hall–Kier alpha value is -3.13. The molecule has 1 aromatic rings. The standard InChI is InChI=1S/C20H23N5/c1-4-19(18-9-7-17(14-21)8-10-18)25-16(3)20-6-5-12-22-23-13-11-15(2)24-20/h5,7-13,19,22,25H,3-4,6H2,1-2H3/b12-5-,15-11+,23-13-,24-20?/t19-/m0/s1. The Morgan fingerprint density at radius 2 is 2.16 bits per heavy atom. The number of hydrogen-bond donors (Lipinski definition) is 2. The van der Waals surface area contributed by atoms with E-state index in [1.807, 2.05) is 43.3 Å². The summed E-state index contributed by atoms with van der Waals surface area (Å²) in [6.45, 7) is 8.22. The van der Waals surface area contributed by atoms with Crippen LogP contribution >= 0.6 is 0 Å². The highest BCUT2D eigenvalue weighted by Crippen LogP contribution is 2.19. The molecule has 2 N–H and O–H groups in total. The van der Waals surface area contributed by atoms with Gasteiger partial charge in [-0.3, -0.25) is 10.4 Å². The normalized spacial score (nSPS) is 19.9. The third-order valence-electron chi connectivity index (χ3n) is 3.83. The van der Waals surface area contributed by atoms with Crippen LogP contribution in [-0.2, 0) is 0 Å². The van der Waals surface area contributed by atoms with Crippen molar-refractivity contribution in [2.45, 2.75) is 32.7 Å². The van der Waals surface area contributed by atoms with Gasteiger partial charge in [-0.2, -0.15) is 10.4 Å². The quantitative estimate of drug-likeness (QED) is 0.857. The number of hydrogen-bond acceptors (Lipinski definition) is 5. The van der Waals surface area contributed by atoms with E-state index in [1.165, 1.54) is 0 Å². The largest absolute Gasteiger partial charge is 0.377 e. The molecule has 1 aromatic carbocycles. The minimum absolute atomic E-state index is 0.117. The average Bonchev–Trinajstić information content (AvgIpc) is 2.64. The molecule has 5 heteroatoms. The zero-order valence-corrected chi connectivity index (χ0v) is 14.7. The summed E-state index contributed by atoms with van der Waals surface area (Å²) < 4.78 is 0. The summed E-state index contributed by atoms with van der Waals surface area (Å²) in [7, 11) is 0. The predicted octanol–water partition coefficient (Wildman–Crippen LogP) is 3.95. The Morgan fingerprint density at radius 1 is 1.40 bits per heavy atom. The van der Waals surface area contributed by atoms with Gasteiger partial charge in [0, 0.05) is 30.2 Å². The molecule has 1 heterocycles. The fourth-order valence-corrected chi connectivity index (χ4v) is 2.45. The van der Waals surface area contributed by atoms with Gasteiger partial charge in [0.2, 0.25) is 0 Å². The molecule has 0 saturated carbocycles. The highest BCUT2D eigenvalue weighted by molar-refractivity contribution is 6.00. The van der Waals surface area contributed by atoms with E-state index in [9.17, 15) is 0 Å². The summed E-state index contributed by atoms with van der Waals surface area (Å²) >= 11 is 0. The Kier molecular flexibility index (Phi) is 6.73. The summed E-state index contributed by atoms with van der Waals surface area (Å²) in [5.41, 5.74) is 7.17. The van der Waals surface area contributed by atoms with Crippen molar-refractivity contribution in [3.8, 4) is 6.07 Å². The van der Waals surface area contributed by atoms with Gasteiger partial charge < -0.3 is 5.32 Å². The molecule has 1 aliphatic heterocycles. The van der Waals surface area contributed by atoms with Crippen LogP contribution in [0.25, 0.3) is 0 Å². The summed E-state index contributed by atoms with van der Waals surface area (Å²) in [4.78, 5) is 4.65. The lowest BCUT2D eigenvalue weighted by atomic mass is 10.0. The van der Waals surface area contributed by atoms with Gasteiger partial charge in [0.05, 0.1) is 23.4 Å². The molecule has 5 nitrogen and oxygen atoms in total. The molecule has 0 fully saturated rings. The molecule has 1 aliphatic rings. The maximum absolute atomic E-state index is 8.94. The van der Waals surface area contributed by atoms with Crippen molar-refractivity contribution in [3.63, 3.8) is 0 Å². The predicted molar refractivity (Wildman–Crippen MR) is 103 cm³/mol. The minimum atomic E-state index is 0.117. The maximum Gasteiger partial charge on any atom is 0.0991 e. The van der Waals surface area contributed by atoms with Crippen molar-refractivity contribution in [3.05, 3.63) is 71.7 Å². The van der Waals surface area contributed by atoms with Crippen LogP contribution in [0.4, 0.5) is 0 Å². The average molecular weight is 333 g/mol. The van der Waals surface area contributed by atoms with Crippen LogP contribution in [-0.4, -0.2) is 11.9 Å². The van der Waals surface area contributed by atoms with E-state index < -0.39 is 0 Å². The SMILES string of the molecule is C=C(N[C@@H](CC)c1ccc(C#N)cc1)C1=N/C(C)=C/C=N\N/C=C\C1. The van der Waals surface area contributed by atoms with Crippen molar-refractivity contribution < 1.29 is 0 Å². The van der Waals surface area contributed by atoms with Gasteiger partial charge in [-0.25, -0.2) is 0 Å². The first-order valence-electron chi connectivity index (χ1n) is 8.28. The van der Waals surface area contributed by atoms with Gasteiger partial charge >= 0.3 is 0 Å². The van der Waals surface area contributed by atoms with Crippen molar-refractivity contribution >= 4 is 11.9 Å². The number of nitrogens with zero attached hydrogens (tertiary/aromatic N) is 3. The van der Waals surface area contributed by atoms with E-state index in [4.69, 9.17) is 5.26 Å². The Morgan fingerprint density at radius 3 is 2.84 bits per heavy atom. The topological polar surface area (TPSA) is 72.6 Å². The third-order valence-corrected chi connectivity index (χ3v) is 3.83. The van der Waals surface area contributed by atoms with Crippen LogP contribution in [0.3, 0.4) is 0 Å². The van der Waals surface area contributed by atoms with E-state index in [-0.39, 0.29) is 6.04 Å². The van der Waals surface area contributed by atoms with Gasteiger partial charge in [-0.1, -0.05) is 31.7 Å². The molecule has 0 aliphatic carbocycles. The fourth-order valence-electron chi connectivity index (χ4n) is 2.45. The van der Waals surface area contributed by atoms with E-state index in [0.717, 1.165) is 29.1 Å². The number of hydrazone groups is 1. The van der Waals surface area contributed by atoms with E-state index >= 15 is 0 Å². The number of rotatable bonds is 5. The van der Waals surface area contributed by atoms with Crippen molar-refractivity contribution in [2.75, 3.05) is 0 Å². The van der Waals surface area contributed by atoms with Crippen molar-refractivity contribution in [2.24, 2.45) is 10.1 Å². The molecular formula is C20H23N5. The summed E-state index contributed by atoms with van der Waals surface area (Å²) in [6, 6.07) is 9.90. The number of nitriles is 1. The second-order valence-electron chi connectivity index (χ2n) is 5.70. The zero-order valence-electron chi connectivity index (χ0n) is 14.7. The zero-order chi connectivity index (χ0) is 18.1. The first-order chi connectivity index (χ1) is 12.1. The molecule has 128 valence electrons. The summed E-state index contributed by atoms with van der Waals surface area (Å²) in [5, 5.41) is 16.4. The molecule has 0 unspecified atom stereocenters. The minimum Gasteiger partial charge on any atom is -0.377 e. The van der Waals surface area contributed by atoms with E-state index in [2.05, 4.69) is 40.4 Å². The molecule has 0 saturated heterocycles. The molecule has 0 bridgehead atoms. The van der Waals surface area contributed by atoms with Gasteiger partial charge in [0.25, 0.3) is 0 Å². The first-order valence-corrected chi connectivity index (χ1v) is 8.28. The molecule has 2 rings (SSSR count). The van der Waals surface area contributed by atoms with Gasteiger partial charge in [0.1, 0.15) is 0 Å². The van der Waals surface area contributed by atoms with Crippen LogP contribution in [0.2, 0.25) is 0 Å². The number of benzene rings is 1. The molecule has 0 amide bonds. The second kappa shape index (κ2) is 9.24. The summed E-state index contributed by atoms with van der Waals surface area (Å²) in [5.74, 6) is 0. The highest BCUT2D eigenvalue weighted by atomic mass is 15.3. The molecule has 0 aromatic heterocycles. The second-order valence-corrected chi connectivity index (χ2v) is 5.70. The monoisotopic (exact) mass is 333 g/mol.